The fraction of sp³-hybridized carbons (Fsp3) is 0.333. The Morgan fingerprint density at radius 2 is 1.67 bits per heavy atom. The monoisotopic (exact) mass is 317 g/mol. The Balaban J connectivity index is 1.38. The third-order valence-corrected chi connectivity index (χ3v) is 5.09. The van der Waals surface area contributed by atoms with Crippen LogP contribution in [0.1, 0.15) is 24.1 Å². The van der Waals surface area contributed by atoms with Crippen LogP contribution in [0.2, 0.25) is 0 Å². The van der Waals surface area contributed by atoms with Crippen molar-refractivity contribution in [2.24, 2.45) is 5.92 Å². The molecule has 1 aliphatic rings. The summed E-state index contributed by atoms with van der Waals surface area (Å²) in [5, 5.41) is 11.1. The normalized spacial score (nSPS) is 16.5. The molecule has 0 radical (unpaired) electrons. The van der Waals surface area contributed by atoms with Gasteiger partial charge in [-0.1, -0.05) is 54.6 Å². The minimum Gasteiger partial charge on any atom is -0.299 e. The summed E-state index contributed by atoms with van der Waals surface area (Å²) in [7, 11) is 0. The quantitative estimate of drug-likeness (QED) is 0.726. The molecule has 122 valence electrons. The predicted molar refractivity (Wildman–Crippen MR) is 97.7 cm³/mol. The van der Waals surface area contributed by atoms with Crippen LogP contribution in [0.25, 0.3) is 10.8 Å². The van der Waals surface area contributed by atoms with Gasteiger partial charge >= 0.3 is 0 Å². The number of likely N-dealkylation sites (tertiary alicyclic amines) is 1. The van der Waals surface area contributed by atoms with Gasteiger partial charge in [-0.3, -0.25) is 4.90 Å². The van der Waals surface area contributed by atoms with Crippen molar-refractivity contribution >= 4 is 10.8 Å². The summed E-state index contributed by atoms with van der Waals surface area (Å²) in [6, 6.07) is 19.2. The maximum atomic E-state index is 4.42. The van der Waals surface area contributed by atoms with E-state index in [2.05, 4.69) is 69.7 Å². The van der Waals surface area contributed by atoms with Crippen LogP contribution in [0.4, 0.5) is 0 Å². The van der Waals surface area contributed by atoms with Gasteiger partial charge in [0.1, 0.15) is 0 Å². The van der Waals surface area contributed by atoms with E-state index < -0.39 is 0 Å². The third kappa shape index (κ3) is 3.46. The van der Waals surface area contributed by atoms with Crippen LogP contribution in [-0.4, -0.2) is 28.2 Å². The number of piperidine rings is 1. The van der Waals surface area contributed by atoms with Crippen LogP contribution in [0, 0.1) is 5.92 Å². The van der Waals surface area contributed by atoms with E-state index in [0.717, 1.165) is 24.6 Å². The third-order valence-electron chi connectivity index (χ3n) is 5.09. The fourth-order valence-electron chi connectivity index (χ4n) is 3.70. The Labute approximate surface area is 143 Å². The zero-order chi connectivity index (χ0) is 16.2. The molecule has 0 N–H and O–H groups in total. The highest BCUT2D eigenvalue weighted by Gasteiger charge is 2.20. The fourth-order valence-corrected chi connectivity index (χ4v) is 3.70. The van der Waals surface area contributed by atoms with E-state index in [4.69, 9.17) is 0 Å². The van der Waals surface area contributed by atoms with Crippen LogP contribution in [0.5, 0.6) is 0 Å². The van der Waals surface area contributed by atoms with Crippen molar-refractivity contribution in [2.75, 3.05) is 13.1 Å². The summed E-state index contributed by atoms with van der Waals surface area (Å²) in [4.78, 5) is 2.57. The molecular weight excluding hydrogens is 294 g/mol. The molecule has 2 aromatic carbocycles. The molecule has 1 aliphatic heterocycles. The zero-order valence-corrected chi connectivity index (χ0v) is 13.9. The average molecular weight is 317 g/mol. The lowest BCUT2D eigenvalue weighted by Crippen LogP contribution is -2.34. The number of nitrogens with zero attached hydrogens (tertiary/aromatic N) is 3. The van der Waals surface area contributed by atoms with E-state index in [1.165, 1.54) is 42.3 Å². The van der Waals surface area contributed by atoms with Gasteiger partial charge in [0, 0.05) is 17.3 Å². The van der Waals surface area contributed by atoms with Crippen molar-refractivity contribution in [3.8, 4) is 0 Å². The minimum absolute atomic E-state index is 0.720. The largest absolute Gasteiger partial charge is 0.299 e. The Bertz CT molecular complexity index is 787. The van der Waals surface area contributed by atoms with E-state index in [0.29, 0.717) is 0 Å². The van der Waals surface area contributed by atoms with Gasteiger partial charge in [0.15, 0.2) is 0 Å². The summed E-state index contributed by atoms with van der Waals surface area (Å²) in [6.45, 7) is 3.43. The predicted octanol–water partition coefficient (Wildman–Crippen LogP) is 4.08. The van der Waals surface area contributed by atoms with E-state index in [1.807, 2.05) is 6.20 Å². The van der Waals surface area contributed by atoms with E-state index in [1.54, 1.807) is 0 Å². The van der Waals surface area contributed by atoms with E-state index in [-0.39, 0.29) is 0 Å². The second-order valence-electron chi connectivity index (χ2n) is 6.79. The molecule has 1 fully saturated rings. The highest BCUT2D eigenvalue weighted by molar-refractivity contribution is 5.83. The topological polar surface area (TPSA) is 29.0 Å². The van der Waals surface area contributed by atoms with Gasteiger partial charge in [-0.25, -0.2) is 0 Å². The molecule has 3 heteroatoms. The van der Waals surface area contributed by atoms with Gasteiger partial charge in [0.05, 0.1) is 11.9 Å². The molecule has 0 spiro atoms. The van der Waals surface area contributed by atoms with Crippen LogP contribution in [-0.2, 0) is 13.0 Å². The Morgan fingerprint density at radius 3 is 2.50 bits per heavy atom. The average Bonchev–Trinajstić information content (AvgIpc) is 2.65. The van der Waals surface area contributed by atoms with Gasteiger partial charge in [-0.05, 0) is 43.8 Å². The lowest BCUT2D eigenvalue weighted by atomic mass is 9.90. The molecule has 3 nitrogen and oxygen atoms in total. The van der Waals surface area contributed by atoms with E-state index in [9.17, 15) is 0 Å². The van der Waals surface area contributed by atoms with E-state index >= 15 is 0 Å². The highest BCUT2D eigenvalue weighted by atomic mass is 15.1. The first-order valence-corrected chi connectivity index (χ1v) is 8.84. The molecule has 1 saturated heterocycles. The smallest absolute Gasteiger partial charge is 0.0712 e. The summed E-state index contributed by atoms with van der Waals surface area (Å²) in [6.07, 6.45) is 5.41. The number of aromatic nitrogens is 2. The lowest BCUT2D eigenvalue weighted by molar-refractivity contribution is 0.176. The van der Waals surface area contributed by atoms with Crippen LogP contribution in [0.3, 0.4) is 0 Å². The number of fused-ring (bicyclic) bond motifs is 1. The molecule has 0 bridgehead atoms. The number of benzene rings is 2. The standard InChI is InChI=1S/C21H23N3/c1-2-6-18(7-3-1)16-24-12-10-17(11-13-24)14-21-20-9-5-4-8-19(20)15-22-23-21/h1-9,15,17H,10-14,16H2. The van der Waals surface area contributed by atoms with Gasteiger partial charge in [0.25, 0.3) is 0 Å². The molecule has 1 aromatic heterocycles. The minimum atomic E-state index is 0.720. The Hall–Kier alpha value is -2.26. The van der Waals surface area contributed by atoms with Gasteiger partial charge in [0.2, 0.25) is 0 Å². The van der Waals surface area contributed by atoms with Crippen molar-refractivity contribution in [1.29, 1.82) is 0 Å². The second-order valence-corrected chi connectivity index (χ2v) is 6.79. The maximum Gasteiger partial charge on any atom is 0.0712 e. The molecule has 0 amide bonds. The Kier molecular flexibility index (Phi) is 4.52. The molecule has 0 unspecified atom stereocenters. The molecule has 0 atom stereocenters. The van der Waals surface area contributed by atoms with Crippen molar-refractivity contribution in [2.45, 2.75) is 25.8 Å². The summed E-state index contributed by atoms with van der Waals surface area (Å²) in [5.41, 5.74) is 2.57. The highest BCUT2D eigenvalue weighted by Crippen LogP contribution is 2.25. The molecule has 24 heavy (non-hydrogen) atoms. The van der Waals surface area contributed by atoms with Crippen molar-refractivity contribution in [3.05, 3.63) is 72.1 Å². The first-order chi connectivity index (χ1) is 11.9. The Morgan fingerprint density at radius 1 is 0.917 bits per heavy atom. The zero-order valence-electron chi connectivity index (χ0n) is 13.9. The molecule has 4 rings (SSSR count). The SMILES string of the molecule is c1ccc(CN2CCC(Cc3nncc4ccccc34)CC2)cc1. The summed E-state index contributed by atoms with van der Waals surface area (Å²) < 4.78 is 0. The van der Waals surface area contributed by atoms with Gasteiger partial charge in [-0.15, -0.1) is 0 Å². The van der Waals surface area contributed by atoms with Gasteiger partial charge < -0.3 is 0 Å². The lowest BCUT2D eigenvalue weighted by Gasteiger charge is -2.32. The number of rotatable bonds is 4. The summed E-state index contributed by atoms with van der Waals surface area (Å²) in [5.74, 6) is 0.720. The van der Waals surface area contributed by atoms with Crippen molar-refractivity contribution in [1.82, 2.24) is 15.1 Å². The molecule has 0 saturated carbocycles. The summed E-state index contributed by atoms with van der Waals surface area (Å²) >= 11 is 0. The van der Waals surface area contributed by atoms with Crippen molar-refractivity contribution < 1.29 is 0 Å². The molecule has 3 aromatic rings. The first-order valence-electron chi connectivity index (χ1n) is 8.84. The number of hydrogen-bond donors (Lipinski definition) is 0. The maximum absolute atomic E-state index is 4.42. The van der Waals surface area contributed by atoms with Crippen LogP contribution < -0.4 is 0 Å². The molecule has 0 aliphatic carbocycles. The van der Waals surface area contributed by atoms with Crippen LogP contribution >= 0.6 is 0 Å². The van der Waals surface area contributed by atoms with Crippen LogP contribution in [0.15, 0.2) is 60.8 Å². The van der Waals surface area contributed by atoms with Gasteiger partial charge in [-0.2, -0.15) is 10.2 Å². The molecule has 2 heterocycles. The van der Waals surface area contributed by atoms with Crippen molar-refractivity contribution in [3.63, 3.8) is 0 Å². The second kappa shape index (κ2) is 7.10. The molecular formula is C21H23N3. The number of hydrogen-bond acceptors (Lipinski definition) is 3. The first kappa shape index (κ1) is 15.3.